The molecule has 0 radical (unpaired) electrons. The van der Waals surface area contributed by atoms with Crippen molar-refractivity contribution in [3.8, 4) is 11.5 Å². The molecule has 0 saturated carbocycles. The summed E-state index contributed by atoms with van der Waals surface area (Å²) >= 11 is 0. The van der Waals surface area contributed by atoms with Crippen molar-refractivity contribution in [1.82, 2.24) is 19.2 Å². The molecule has 1 fully saturated rings. The van der Waals surface area contributed by atoms with Gasteiger partial charge in [-0.1, -0.05) is 18.2 Å². The standard InChI is InChI=1S/C27H28FN5O/c1-20-17-23(28)9-10-25(20)30-26(34)21-11-15-31(16-12-21)19-22-18-29-33(24-7-3-2-4-8-24)27(22)32-13-5-6-14-32/h2-10,13-14,17-18,21H,11-12,15-16,19H2,1H3,(H,30,34). The van der Waals surface area contributed by atoms with Crippen molar-refractivity contribution in [2.45, 2.75) is 26.3 Å². The van der Waals surface area contributed by atoms with Gasteiger partial charge in [-0.3, -0.25) is 9.69 Å². The minimum Gasteiger partial charge on any atom is -0.326 e. The number of hydrogen-bond acceptors (Lipinski definition) is 3. The third-order valence-electron chi connectivity index (χ3n) is 6.47. The van der Waals surface area contributed by atoms with Crippen molar-refractivity contribution in [1.29, 1.82) is 0 Å². The Morgan fingerprint density at radius 1 is 1.06 bits per heavy atom. The molecule has 1 amide bonds. The maximum atomic E-state index is 13.4. The number of piperidine rings is 1. The van der Waals surface area contributed by atoms with Crippen molar-refractivity contribution >= 4 is 11.6 Å². The van der Waals surface area contributed by atoms with Gasteiger partial charge in [0.2, 0.25) is 5.91 Å². The molecule has 0 bridgehead atoms. The molecule has 5 rings (SSSR count). The highest BCUT2D eigenvalue weighted by Crippen LogP contribution is 2.25. The Balaban J connectivity index is 1.26. The Labute approximate surface area is 198 Å². The number of rotatable bonds is 6. The van der Waals surface area contributed by atoms with E-state index in [9.17, 15) is 9.18 Å². The van der Waals surface area contributed by atoms with Crippen molar-refractivity contribution in [3.63, 3.8) is 0 Å². The van der Waals surface area contributed by atoms with Crippen LogP contribution in [0, 0.1) is 18.7 Å². The number of anilines is 1. The van der Waals surface area contributed by atoms with Gasteiger partial charge in [-0.05, 0) is 80.9 Å². The Kier molecular flexibility index (Phi) is 6.27. The van der Waals surface area contributed by atoms with E-state index >= 15 is 0 Å². The summed E-state index contributed by atoms with van der Waals surface area (Å²) in [5.41, 5.74) is 3.58. The number of para-hydroxylation sites is 1. The van der Waals surface area contributed by atoms with E-state index in [1.807, 2.05) is 53.6 Å². The van der Waals surface area contributed by atoms with Crippen LogP contribution in [0.1, 0.15) is 24.0 Å². The van der Waals surface area contributed by atoms with E-state index < -0.39 is 0 Å². The van der Waals surface area contributed by atoms with Crippen LogP contribution in [0.2, 0.25) is 0 Å². The summed E-state index contributed by atoms with van der Waals surface area (Å²) in [5.74, 6) is 0.706. The van der Waals surface area contributed by atoms with Gasteiger partial charge in [0.15, 0.2) is 0 Å². The monoisotopic (exact) mass is 457 g/mol. The highest BCUT2D eigenvalue weighted by Gasteiger charge is 2.26. The fourth-order valence-electron chi connectivity index (χ4n) is 4.59. The van der Waals surface area contributed by atoms with Crippen LogP contribution in [-0.2, 0) is 11.3 Å². The summed E-state index contributed by atoms with van der Waals surface area (Å²) in [6, 6.07) is 18.6. The van der Waals surface area contributed by atoms with Gasteiger partial charge >= 0.3 is 0 Å². The Morgan fingerprint density at radius 3 is 2.50 bits per heavy atom. The molecule has 1 aliphatic rings. The zero-order valence-corrected chi connectivity index (χ0v) is 19.2. The average molecular weight is 458 g/mol. The number of amides is 1. The molecule has 3 heterocycles. The second-order valence-electron chi connectivity index (χ2n) is 8.83. The number of aromatic nitrogens is 3. The molecule has 7 heteroatoms. The van der Waals surface area contributed by atoms with Gasteiger partial charge in [-0.25, -0.2) is 9.07 Å². The molecule has 4 aromatic rings. The smallest absolute Gasteiger partial charge is 0.227 e. The molecule has 0 atom stereocenters. The van der Waals surface area contributed by atoms with Crippen LogP contribution in [-0.4, -0.2) is 38.2 Å². The molecule has 34 heavy (non-hydrogen) atoms. The van der Waals surface area contributed by atoms with E-state index in [2.05, 4.69) is 26.9 Å². The molecule has 0 aliphatic carbocycles. The Morgan fingerprint density at radius 2 is 1.79 bits per heavy atom. The van der Waals surface area contributed by atoms with Crippen LogP contribution >= 0.6 is 0 Å². The SMILES string of the molecule is Cc1cc(F)ccc1NC(=O)C1CCN(Cc2cnn(-c3ccccc3)c2-n2cccc2)CC1. The van der Waals surface area contributed by atoms with E-state index in [1.165, 1.54) is 12.1 Å². The third kappa shape index (κ3) is 4.65. The number of nitrogens with zero attached hydrogens (tertiary/aromatic N) is 4. The minimum absolute atomic E-state index is 0.0132. The maximum absolute atomic E-state index is 13.4. The number of likely N-dealkylation sites (tertiary alicyclic amines) is 1. The summed E-state index contributed by atoms with van der Waals surface area (Å²) in [7, 11) is 0. The molecule has 2 aromatic carbocycles. The largest absolute Gasteiger partial charge is 0.326 e. The van der Waals surface area contributed by atoms with Crippen molar-refractivity contribution in [2.75, 3.05) is 18.4 Å². The Hall–Kier alpha value is -3.71. The lowest BCUT2D eigenvalue weighted by Gasteiger charge is -2.31. The number of halogens is 1. The molecule has 2 aromatic heterocycles. The molecule has 6 nitrogen and oxygen atoms in total. The highest BCUT2D eigenvalue weighted by molar-refractivity contribution is 5.93. The van der Waals surface area contributed by atoms with Crippen molar-refractivity contribution in [2.24, 2.45) is 5.92 Å². The molecule has 1 aliphatic heterocycles. The lowest BCUT2D eigenvalue weighted by atomic mass is 9.95. The molecule has 1 N–H and O–H groups in total. The van der Waals surface area contributed by atoms with Crippen LogP contribution in [0.3, 0.4) is 0 Å². The first-order valence-corrected chi connectivity index (χ1v) is 11.6. The normalized spacial score (nSPS) is 14.9. The second-order valence-corrected chi connectivity index (χ2v) is 8.83. The van der Waals surface area contributed by atoms with Gasteiger partial charge in [0.25, 0.3) is 0 Å². The van der Waals surface area contributed by atoms with Crippen molar-refractivity contribution in [3.05, 3.63) is 96.2 Å². The predicted molar refractivity (Wildman–Crippen MR) is 131 cm³/mol. The summed E-state index contributed by atoms with van der Waals surface area (Å²) in [4.78, 5) is 15.2. The summed E-state index contributed by atoms with van der Waals surface area (Å²) in [5, 5.41) is 7.67. The number of benzene rings is 2. The van der Waals surface area contributed by atoms with Gasteiger partial charge in [0, 0.05) is 36.1 Å². The van der Waals surface area contributed by atoms with Gasteiger partial charge in [0.05, 0.1) is 11.9 Å². The average Bonchev–Trinajstić information content (AvgIpc) is 3.52. The minimum atomic E-state index is -0.293. The fourth-order valence-corrected chi connectivity index (χ4v) is 4.59. The first-order chi connectivity index (χ1) is 16.6. The molecule has 1 saturated heterocycles. The van der Waals surface area contributed by atoms with Crippen molar-refractivity contribution < 1.29 is 9.18 Å². The Bertz CT molecular complexity index is 1260. The zero-order chi connectivity index (χ0) is 23.5. The van der Waals surface area contributed by atoms with E-state index in [-0.39, 0.29) is 17.6 Å². The molecular weight excluding hydrogens is 429 g/mol. The van der Waals surface area contributed by atoms with E-state index in [0.717, 1.165) is 55.1 Å². The first-order valence-electron chi connectivity index (χ1n) is 11.6. The third-order valence-corrected chi connectivity index (χ3v) is 6.47. The van der Waals surface area contributed by atoms with E-state index in [0.29, 0.717) is 5.69 Å². The number of hydrogen-bond donors (Lipinski definition) is 1. The second kappa shape index (κ2) is 9.65. The van der Waals surface area contributed by atoms with Crippen LogP contribution in [0.25, 0.3) is 11.5 Å². The van der Waals surface area contributed by atoms with Gasteiger partial charge < -0.3 is 9.88 Å². The molecule has 0 unspecified atom stereocenters. The molecule has 174 valence electrons. The first kappa shape index (κ1) is 22.1. The topological polar surface area (TPSA) is 55.1 Å². The fraction of sp³-hybridized carbons (Fsp3) is 0.259. The maximum Gasteiger partial charge on any atom is 0.227 e. The summed E-state index contributed by atoms with van der Waals surface area (Å²) in [6.07, 6.45) is 7.59. The van der Waals surface area contributed by atoms with E-state index in [1.54, 1.807) is 13.0 Å². The van der Waals surface area contributed by atoms with Crippen LogP contribution in [0.5, 0.6) is 0 Å². The number of nitrogens with one attached hydrogen (secondary N) is 1. The number of carbonyl (C=O) groups excluding carboxylic acids is 1. The molecular formula is C27H28FN5O. The van der Waals surface area contributed by atoms with Crippen LogP contribution in [0.4, 0.5) is 10.1 Å². The number of aryl methyl sites for hydroxylation is 1. The lowest BCUT2D eigenvalue weighted by molar-refractivity contribution is -0.121. The quantitative estimate of drug-likeness (QED) is 0.445. The van der Waals surface area contributed by atoms with Gasteiger partial charge in [-0.2, -0.15) is 5.10 Å². The zero-order valence-electron chi connectivity index (χ0n) is 19.2. The summed E-state index contributed by atoms with van der Waals surface area (Å²) in [6.45, 7) is 4.25. The number of carbonyl (C=O) groups is 1. The molecule has 0 spiro atoms. The van der Waals surface area contributed by atoms with Crippen LogP contribution in [0.15, 0.2) is 79.3 Å². The van der Waals surface area contributed by atoms with Crippen LogP contribution < -0.4 is 5.32 Å². The highest BCUT2D eigenvalue weighted by atomic mass is 19.1. The summed E-state index contributed by atoms with van der Waals surface area (Å²) < 4.78 is 17.4. The van der Waals surface area contributed by atoms with Gasteiger partial charge in [-0.15, -0.1) is 0 Å². The van der Waals surface area contributed by atoms with Gasteiger partial charge in [0.1, 0.15) is 11.6 Å². The van der Waals surface area contributed by atoms with E-state index in [4.69, 9.17) is 5.10 Å². The predicted octanol–water partition coefficient (Wildman–Crippen LogP) is 4.96. The lowest BCUT2D eigenvalue weighted by Crippen LogP contribution is -2.38.